The Morgan fingerprint density at radius 1 is 1.37 bits per heavy atom. The Labute approximate surface area is 110 Å². The minimum absolute atomic E-state index is 0.0189. The van der Waals surface area contributed by atoms with E-state index in [1.54, 1.807) is 0 Å². The Balaban J connectivity index is 2.66. The van der Waals surface area contributed by atoms with E-state index in [-0.39, 0.29) is 36.9 Å². The van der Waals surface area contributed by atoms with Gasteiger partial charge in [-0.1, -0.05) is 6.07 Å². The van der Waals surface area contributed by atoms with Crippen molar-refractivity contribution in [2.75, 3.05) is 26.4 Å². The maximum absolute atomic E-state index is 11.8. The highest BCUT2D eigenvalue weighted by Crippen LogP contribution is 2.16. The lowest BCUT2D eigenvalue weighted by atomic mass is 10.3. The SMILES string of the molecule is O=[N+]([O-])c1cccc(S(=O)(=O)NCCOCCO)c1. The average Bonchev–Trinajstić information content (AvgIpc) is 2.38. The Kier molecular flexibility index (Phi) is 5.83. The molecular weight excluding hydrogens is 276 g/mol. The fourth-order valence-electron chi connectivity index (χ4n) is 1.26. The first-order valence-corrected chi connectivity index (χ1v) is 6.88. The molecular formula is C10H14N2O6S. The summed E-state index contributed by atoms with van der Waals surface area (Å²) in [6.45, 7) is 0.107. The maximum Gasteiger partial charge on any atom is 0.270 e. The monoisotopic (exact) mass is 290 g/mol. The maximum atomic E-state index is 11.8. The van der Waals surface area contributed by atoms with Gasteiger partial charge in [-0.25, -0.2) is 13.1 Å². The normalized spacial score (nSPS) is 11.4. The number of nitrogens with zero attached hydrogens (tertiary/aromatic N) is 1. The summed E-state index contributed by atoms with van der Waals surface area (Å²) in [6.07, 6.45) is 0. The third kappa shape index (κ3) is 4.91. The molecule has 1 aromatic carbocycles. The number of sulfonamides is 1. The summed E-state index contributed by atoms with van der Waals surface area (Å²) in [5.41, 5.74) is -0.292. The van der Waals surface area contributed by atoms with E-state index in [0.717, 1.165) is 6.07 Å². The van der Waals surface area contributed by atoms with Crippen LogP contribution in [0.2, 0.25) is 0 Å². The van der Waals surface area contributed by atoms with Crippen LogP contribution in [0, 0.1) is 10.1 Å². The van der Waals surface area contributed by atoms with Gasteiger partial charge in [-0.3, -0.25) is 10.1 Å². The number of non-ortho nitro benzene ring substituents is 1. The van der Waals surface area contributed by atoms with E-state index in [1.165, 1.54) is 18.2 Å². The molecule has 9 heteroatoms. The fourth-order valence-corrected chi connectivity index (χ4v) is 2.31. The Hall–Kier alpha value is -1.55. The number of hydrogen-bond acceptors (Lipinski definition) is 6. The van der Waals surface area contributed by atoms with Crippen LogP contribution in [-0.2, 0) is 14.8 Å². The molecule has 0 aliphatic rings. The van der Waals surface area contributed by atoms with E-state index in [1.807, 2.05) is 0 Å². The van der Waals surface area contributed by atoms with Gasteiger partial charge in [-0.15, -0.1) is 0 Å². The molecule has 19 heavy (non-hydrogen) atoms. The van der Waals surface area contributed by atoms with Crippen molar-refractivity contribution in [1.29, 1.82) is 0 Å². The molecule has 0 spiro atoms. The number of nitro benzene ring substituents is 1. The van der Waals surface area contributed by atoms with Crippen LogP contribution in [0.15, 0.2) is 29.2 Å². The highest BCUT2D eigenvalue weighted by molar-refractivity contribution is 7.89. The van der Waals surface area contributed by atoms with E-state index >= 15 is 0 Å². The fraction of sp³-hybridized carbons (Fsp3) is 0.400. The second-order valence-electron chi connectivity index (χ2n) is 3.49. The number of nitrogens with one attached hydrogen (secondary N) is 1. The molecule has 0 unspecified atom stereocenters. The third-order valence-corrected chi connectivity index (χ3v) is 3.57. The molecule has 0 atom stereocenters. The molecule has 2 N–H and O–H groups in total. The number of ether oxygens (including phenoxy) is 1. The van der Waals surface area contributed by atoms with Crippen LogP contribution in [-0.4, -0.2) is 44.8 Å². The predicted molar refractivity (Wildman–Crippen MR) is 66.2 cm³/mol. The highest BCUT2D eigenvalue weighted by atomic mass is 32.2. The second-order valence-corrected chi connectivity index (χ2v) is 5.26. The van der Waals surface area contributed by atoms with E-state index < -0.39 is 14.9 Å². The van der Waals surface area contributed by atoms with Crippen LogP contribution < -0.4 is 4.72 Å². The van der Waals surface area contributed by atoms with Crippen molar-refractivity contribution >= 4 is 15.7 Å². The molecule has 1 rings (SSSR count). The van der Waals surface area contributed by atoms with Crippen LogP contribution in [0.25, 0.3) is 0 Å². The molecule has 0 saturated heterocycles. The van der Waals surface area contributed by atoms with Crippen molar-refractivity contribution in [3.05, 3.63) is 34.4 Å². The quantitative estimate of drug-likeness (QED) is 0.391. The first kappa shape index (κ1) is 15.5. The van der Waals surface area contributed by atoms with Crippen molar-refractivity contribution in [3.63, 3.8) is 0 Å². The lowest BCUT2D eigenvalue weighted by Crippen LogP contribution is -2.27. The number of benzene rings is 1. The van der Waals surface area contributed by atoms with Gasteiger partial charge in [0.2, 0.25) is 10.0 Å². The number of aliphatic hydroxyl groups excluding tert-OH is 1. The van der Waals surface area contributed by atoms with E-state index in [4.69, 9.17) is 9.84 Å². The van der Waals surface area contributed by atoms with Gasteiger partial charge in [0.25, 0.3) is 5.69 Å². The van der Waals surface area contributed by atoms with Crippen LogP contribution in [0.5, 0.6) is 0 Å². The van der Waals surface area contributed by atoms with Crippen molar-refractivity contribution in [2.45, 2.75) is 4.90 Å². The van der Waals surface area contributed by atoms with E-state index in [9.17, 15) is 18.5 Å². The molecule has 0 aliphatic heterocycles. The third-order valence-electron chi connectivity index (χ3n) is 2.11. The van der Waals surface area contributed by atoms with Crippen molar-refractivity contribution in [2.24, 2.45) is 0 Å². The molecule has 0 aromatic heterocycles. The Morgan fingerprint density at radius 3 is 2.74 bits per heavy atom. The van der Waals surface area contributed by atoms with Crippen LogP contribution in [0.3, 0.4) is 0 Å². The molecule has 0 radical (unpaired) electrons. The lowest BCUT2D eigenvalue weighted by Gasteiger charge is -2.06. The van der Waals surface area contributed by atoms with Crippen LogP contribution >= 0.6 is 0 Å². The zero-order valence-corrected chi connectivity index (χ0v) is 10.8. The number of nitro groups is 1. The topological polar surface area (TPSA) is 119 Å². The standard InChI is InChI=1S/C10H14N2O6S/c13-5-7-18-6-4-11-19(16,17)10-3-1-2-9(8-10)12(14)15/h1-3,8,11,13H,4-7H2. The summed E-state index contributed by atoms with van der Waals surface area (Å²) in [5, 5.41) is 19.0. The summed E-state index contributed by atoms with van der Waals surface area (Å²) in [6, 6.07) is 4.76. The smallest absolute Gasteiger partial charge is 0.270 e. The van der Waals surface area contributed by atoms with Gasteiger partial charge in [0, 0.05) is 18.7 Å². The minimum atomic E-state index is -3.80. The van der Waals surface area contributed by atoms with Gasteiger partial charge in [0.1, 0.15) is 0 Å². The van der Waals surface area contributed by atoms with Gasteiger partial charge in [0.15, 0.2) is 0 Å². The number of hydrogen-bond donors (Lipinski definition) is 2. The minimum Gasteiger partial charge on any atom is -0.394 e. The molecule has 106 valence electrons. The lowest BCUT2D eigenvalue weighted by molar-refractivity contribution is -0.385. The second kappa shape index (κ2) is 7.14. The predicted octanol–water partition coefficient (Wildman–Crippen LogP) is -0.118. The van der Waals surface area contributed by atoms with Crippen molar-refractivity contribution in [3.8, 4) is 0 Å². The van der Waals surface area contributed by atoms with Crippen molar-refractivity contribution in [1.82, 2.24) is 4.72 Å². The van der Waals surface area contributed by atoms with E-state index in [0.29, 0.717) is 0 Å². The van der Waals surface area contributed by atoms with E-state index in [2.05, 4.69) is 4.72 Å². The first-order valence-electron chi connectivity index (χ1n) is 5.40. The van der Waals surface area contributed by atoms with Gasteiger partial charge < -0.3 is 9.84 Å². The number of aliphatic hydroxyl groups is 1. The average molecular weight is 290 g/mol. The van der Waals surface area contributed by atoms with Gasteiger partial charge >= 0.3 is 0 Å². The molecule has 0 aliphatic carbocycles. The van der Waals surface area contributed by atoms with Gasteiger partial charge in [-0.2, -0.15) is 0 Å². The largest absolute Gasteiger partial charge is 0.394 e. The molecule has 0 bridgehead atoms. The molecule has 0 saturated carbocycles. The zero-order chi connectivity index (χ0) is 14.3. The summed E-state index contributed by atoms with van der Waals surface area (Å²) in [5.74, 6) is 0. The first-order chi connectivity index (χ1) is 8.97. The summed E-state index contributed by atoms with van der Waals surface area (Å²) >= 11 is 0. The Bertz CT molecular complexity index is 531. The zero-order valence-electron chi connectivity index (χ0n) is 9.98. The van der Waals surface area contributed by atoms with Gasteiger partial charge in [-0.05, 0) is 6.07 Å². The van der Waals surface area contributed by atoms with Crippen molar-refractivity contribution < 1.29 is 23.2 Å². The molecule has 0 amide bonds. The Morgan fingerprint density at radius 2 is 2.11 bits per heavy atom. The molecule has 0 fully saturated rings. The van der Waals surface area contributed by atoms with Crippen LogP contribution in [0.1, 0.15) is 0 Å². The highest BCUT2D eigenvalue weighted by Gasteiger charge is 2.16. The summed E-state index contributed by atoms with van der Waals surface area (Å²) in [7, 11) is -3.80. The number of rotatable bonds is 8. The molecule has 0 heterocycles. The summed E-state index contributed by atoms with van der Waals surface area (Å²) in [4.78, 5) is 9.72. The van der Waals surface area contributed by atoms with Gasteiger partial charge in [0.05, 0.1) is 29.6 Å². The van der Waals surface area contributed by atoms with Crippen LogP contribution in [0.4, 0.5) is 5.69 Å². The molecule has 8 nitrogen and oxygen atoms in total. The summed E-state index contributed by atoms with van der Waals surface area (Å²) < 4.78 is 30.7. The molecule has 1 aromatic rings.